The van der Waals surface area contributed by atoms with E-state index in [0.29, 0.717) is 5.56 Å². The van der Waals surface area contributed by atoms with Crippen LogP contribution in [-0.2, 0) is 31.0 Å². The Morgan fingerprint density at radius 1 is 1.11 bits per heavy atom. The first-order valence-electron chi connectivity index (χ1n) is 5.18. The van der Waals surface area contributed by atoms with E-state index in [4.69, 9.17) is 8.74 Å². The molecule has 1 N–H and O–H groups in total. The zero-order valence-corrected chi connectivity index (χ0v) is 10.9. The first-order chi connectivity index (χ1) is 8.29. The van der Waals surface area contributed by atoms with Crippen LogP contribution in [-0.4, -0.2) is 25.5 Å². The predicted octanol–water partition coefficient (Wildman–Crippen LogP) is 0.911. The van der Waals surface area contributed by atoms with Gasteiger partial charge in [-0.05, 0) is 18.4 Å². The summed E-state index contributed by atoms with van der Waals surface area (Å²) in [7, 11) is -9.01. The molecule has 0 unspecified atom stereocenters. The Kier molecular flexibility index (Phi) is 3.22. The maximum absolute atomic E-state index is 11.8. The molecule has 0 heterocycles. The third-order valence-electron chi connectivity index (χ3n) is 2.81. The molecule has 1 aliphatic rings. The van der Waals surface area contributed by atoms with Gasteiger partial charge in [0.15, 0.2) is 0 Å². The molecule has 0 spiro atoms. The Bertz CT molecular complexity index is 628. The molecule has 0 aromatic heterocycles. The lowest BCUT2D eigenvalue weighted by molar-refractivity contribution is 0.303. The highest BCUT2D eigenvalue weighted by atomic mass is 32.3. The molecule has 1 aromatic carbocycles. The highest BCUT2D eigenvalue weighted by Crippen LogP contribution is 2.48. The SMILES string of the molecule is O=S(=O)(O)C1(S(=O)(=O)OCc2ccccc2)CC1. The van der Waals surface area contributed by atoms with Crippen molar-refractivity contribution in [3.63, 3.8) is 0 Å². The maximum atomic E-state index is 11.8. The summed E-state index contributed by atoms with van der Waals surface area (Å²) in [6.07, 6.45) is -0.272. The third-order valence-corrected chi connectivity index (χ3v) is 7.15. The summed E-state index contributed by atoms with van der Waals surface area (Å²) in [5.74, 6) is 0. The fraction of sp³-hybridized carbons (Fsp3) is 0.400. The van der Waals surface area contributed by atoms with Gasteiger partial charge >= 0.3 is 0 Å². The molecule has 100 valence electrons. The molecule has 1 saturated carbocycles. The second kappa shape index (κ2) is 4.30. The van der Waals surface area contributed by atoms with E-state index in [1.807, 2.05) is 0 Å². The zero-order chi connectivity index (χ0) is 13.4. The molecule has 0 saturated heterocycles. The van der Waals surface area contributed by atoms with Crippen LogP contribution in [0.4, 0.5) is 0 Å². The Morgan fingerprint density at radius 2 is 1.67 bits per heavy atom. The van der Waals surface area contributed by atoms with Gasteiger partial charge in [-0.15, -0.1) is 0 Å². The molecule has 0 atom stereocenters. The molecule has 0 radical (unpaired) electrons. The van der Waals surface area contributed by atoms with Crippen molar-refractivity contribution in [2.75, 3.05) is 0 Å². The molecule has 1 aromatic rings. The Morgan fingerprint density at radius 3 is 2.11 bits per heavy atom. The van der Waals surface area contributed by atoms with Crippen LogP contribution in [0.5, 0.6) is 0 Å². The Labute approximate surface area is 105 Å². The summed E-state index contributed by atoms with van der Waals surface area (Å²) in [6, 6.07) is 8.49. The first-order valence-corrected chi connectivity index (χ1v) is 8.03. The van der Waals surface area contributed by atoms with E-state index in [9.17, 15) is 16.8 Å². The second-order valence-electron chi connectivity index (χ2n) is 4.09. The van der Waals surface area contributed by atoms with E-state index in [-0.39, 0.29) is 19.4 Å². The van der Waals surface area contributed by atoms with Gasteiger partial charge in [0.2, 0.25) is 4.08 Å². The van der Waals surface area contributed by atoms with Gasteiger partial charge < -0.3 is 0 Å². The molecule has 18 heavy (non-hydrogen) atoms. The van der Waals surface area contributed by atoms with Gasteiger partial charge in [0.25, 0.3) is 20.2 Å². The van der Waals surface area contributed by atoms with Crippen molar-refractivity contribution in [1.29, 1.82) is 0 Å². The molecule has 0 amide bonds. The molecule has 8 heteroatoms. The predicted molar refractivity (Wildman–Crippen MR) is 63.7 cm³/mol. The van der Waals surface area contributed by atoms with Crippen LogP contribution in [0.1, 0.15) is 18.4 Å². The average molecular weight is 292 g/mol. The van der Waals surface area contributed by atoms with Crippen LogP contribution < -0.4 is 0 Å². The number of hydrogen-bond donors (Lipinski definition) is 1. The topological polar surface area (TPSA) is 97.7 Å². The van der Waals surface area contributed by atoms with Crippen molar-refractivity contribution in [2.45, 2.75) is 23.5 Å². The van der Waals surface area contributed by atoms with E-state index in [1.54, 1.807) is 30.3 Å². The fourth-order valence-electron chi connectivity index (χ4n) is 1.57. The third kappa shape index (κ3) is 2.28. The summed E-state index contributed by atoms with van der Waals surface area (Å²) in [5, 5.41) is 0. The number of hydrogen-bond acceptors (Lipinski definition) is 5. The van der Waals surface area contributed by atoms with Gasteiger partial charge in [0.1, 0.15) is 0 Å². The summed E-state index contributed by atoms with van der Waals surface area (Å²) >= 11 is 0. The van der Waals surface area contributed by atoms with E-state index in [1.165, 1.54) is 0 Å². The summed E-state index contributed by atoms with van der Waals surface area (Å²) in [6.45, 7) is -0.250. The van der Waals surface area contributed by atoms with Crippen LogP contribution in [0.15, 0.2) is 30.3 Å². The van der Waals surface area contributed by atoms with Gasteiger partial charge in [-0.3, -0.25) is 8.74 Å². The van der Waals surface area contributed by atoms with Gasteiger partial charge in [0.05, 0.1) is 6.61 Å². The summed E-state index contributed by atoms with van der Waals surface area (Å²) < 4.78 is 57.2. The van der Waals surface area contributed by atoms with Crippen molar-refractivity contribution >= 4 is 20.2 Å². The minimum atomic E-state index is -4.67. The van der Waals surface area contributed by atoms with Crippen molar-refractivity contribution in [3.8, 4) is 0 Å². The van der Waals surface area contributed by atoms with Gasteiger partial charge in [-0.2, -0.15) is 16.8 Å². The van der Waals surface area contributed by atoms with Crippen LogP contribution in [0, 0.1) is 0 Å². The maximum Gasteiger partial charge on any atom is 0.290 e. The lowest BCUT2D eigenvalue weighted by atomic mass is 10.2. The number of rotatable bonds is 5. The molecule has 1 aliphatic carbocycles. The van der Waals surface area contributed by atoms with Crippen LogP contribution in [0.25, 0.3) is 0 Å². The van der Waals surface area contributed by atoms with Crippen molar-refractivity contribution < 1.29 is 25.6 Å². The normalized spacial score (nSPS) is 18.5. The molecule has 0 aliphatic heterocycles. The zero-order valence-electron chi connectivity index (χ0n) is 9.31. The van der Waals surface area contributed by atoms with Crippen molar-refractivity contribution in [3.05, 3.63) is 35.9 Å². The van der Waals surface area contributed by atoms with E-state index >= 15 is 0 Å². The highest BCUT2D eigenvalue weighted by molar-refractivity contribution is 8.06. The lowest BCUT2D eigenvalue weighted by Crippen LogP contribution is -2.33. The molecular formula is C10H12O6S2. The highest BCUT2D eigenvalue weighted by Gasteiger charge is 2.66. The molecule has 6 nitrogen and oxygen atoms in total. The molecule has 0 bridgehead atoms. The van der Waals surface area contributed by atoms with Gasteiger partial charge in [-0.25, -0.2) is 0 Å². The van der Waals surface area contributed by atoms with Crippen LogP contribution in [0.2, 0.25) is 0 Å². The summed E-state index contributed by atoms with van der Waals surface area (Å²) in [4.78, 5) is 0. The van der Waals surface area contributed by atoms with Crippen LogP contribution in [0.3, 0.4) is 0 Å². The average Bonchev–Trinajstić information content (AvgIpc) is 3.08. The van der Waals surface area contributed by atoms with Crippen LogP contribution >= 0.6 is 0 Å². The van der Waals surface area contributed by atoms with E-state index in [2.05, 4.69) is 0 Å². The lowest BCUT2D eigenvalue weighted by Gasteiger charge is -2.12. The second-order valence-corrected chi connectivity index (χ2v) is 8.00. The fourth-order valence-corrected chi connectivity index (χ4v) is 4.47. The Hall–Kier alpha value is -0.960. The Balaban J connectivity index is 2.15. The van der Waals surface area contributed by atoms with E-state index < -0.39 is 24.3 Å². The quantitative estimate of drug-likeness (QED) is 0.640. The monoisotopic (exact) mass is 292 g/mol. The minimum Gasteiger partial charge on any atom is -0.284 e. The van der Waals surface area contributed by atoms with E-state index in [0.717, 1.165) is 0 Å². The standard InChI is InChI=1S/C10H12O6S2/c11-17(12,13)10(6-7-10)18(14,15)16-8-9-4-2-1-3-5-9/h1-5H,6-8H2,(H,11,12,13). The largest absolute Gasteiger partial charge is 0.290 e. The number of benzene rings is 1. The molecular weight excluding hydrogens is 280 g/mol. The first kappa shape index (κ1) is 13.5. The molecule has 2 rings (SSSR count). The molecule has 1 fully saturated rings. The minimum absolute atomic E-state index is 0.136. The van der Waals surface area contributed by atoms with Gasteiger partial charge in [0, 0.05) is 0 Å². The van der Waals surface area contributed by atoms with Gasteiger partial charge in [-0.1, -0.05) is 30.3 Å². The van der Waals surface area contributed by atoms with Crippen molar-refractivity contribution in [2.24, 2.45) is 0 Å². The summed E-state index contributed by atoms with van der Waals surface area (Å²) in [5.41, 5.74) is 0.604. The van der Waals surface area contributed by atoms with Crippen molar-refractivity contribution in [1.82, 2.24) is 0 Å². The smallest absolute Gasteiger partial charge is 0.284 e.